The lowest BCUT2D eigenvalue weighted by Crippen LogP contribution is -2.28. The molecule has 26 heavy (non-hydrogen) atoms. The van der Waals surface area contributed by atoms with Crippen LogP contribution in [-0.4, -0.2) is 32.8 Å². The minimum atomic E-state index is 0.482. The fraction of sp³-hybridized carbons (Fsp3) is 0.524. The number of rotatable bonds is 6. The largest absolute Gasteiger partial charge is 0.496 e. The van der Waals surface area contributed by atoms with Crippen LogP contribution in [0, 0.1) is 6.92 Å². The third-order valence-corrected chi connectivity index (χ3v) is 6.35. The molecule has 142 valence electrons. The normalized spacial score (nSPS) is 18.4. The number of aryl methyl sites for hydroxylation is 1. The molecule has 0 saturated carbocycles. The summed E-state index contributed by atoms with van der Waals surface area (Å²) in [4.78, 5) is 4.11. The van der Waals surface area contributed by atoms with Gasteiger partial charge in [0.25, 0.3) is 0 Å². The van der Waals surface area contributed by atoms with Crippen LogP contribution >= 0.6 is 11.3 Å². The van der Waals surface area contributed by atoms with Crippen molar-refractivity contribution in [3.8, 4) is 17.2 Å². The predicted molar refractivity (Wildman–Crippen MR) is 107 cm³/mol. The van der Waals surface area contributed by atoms with Crippen LogP contribution in [-0.2, 0) is 6.54 Å². The molecule has 2 aromatic rings. The second-order valence-electron chi connectivity index (χ2n) is 6.82. The molecule has 1 fully saturated rings. The Morgan fingerprint density at radius 3 is 2.38 bits per heavy atom. The summed E-state index contributed by atoms with van der Waals surface area (Å²) in [5, 5.41) is 2.21. The van der Waals surface area contributed by atoms with E-state index in [2.05, 4.69) is 29.3 Å². The fourth-order valence-corrected chi connectivity index (χ4v) is 4.91. The molecule has 4 nitrogen and oxygen atoms in total. The molecule has 5 heteroatoms. The zero-order valence-electron chi connectivity index (χ0n) is 16.2. The van der Waals surface area contributed by atoms with Gasteiger partial charge in [-0.2, -0.15) is 0 Å². The van der Waals surface area contributed by atoms with Gasteiger partial charge in [-0.15, -0.1) is 11.3 Å². The molecule has 0 bridgehead atoms. The highest BCUT2D eigenvalue weighted by atomic mass is 32.1. The zero-order chi connectivity index (χ0) is 18.5. The molecule has 0 amide bonds. The van der Waals surface area contributed by atoms with E-state index in [0.29, 0.717) is 11.8 Å². The van der Waals surface area contributed by atoms with Gasteiger partial charge in [0.15, 0.2) is 11.5 Å². The number of likely N-dealkylation sites (tertiary alicyclic amines) is 1. The maximum Gasteiger partial charge on any atom is 0.164 e. The molecule has 1 aromatic heterocycles. The van der Waals surface area contributed by atoms with Crippen LogP contribution in [0.3, 0.4) is 0 Å². The molecule has 1 aromatic carbocycles. The quantitative estimate of drug-likeness (QED) is 0.694. The lowest BCUT2D eigenvalue weighted by Gasteiger charge is -2.30. The zero-order valence-corrected chi connectivity index (χ0v) is 17.0. The number of benzene rings is 1. The molecule has 1 saturated heterocycles. The maximum absolute atomic E-state index is 5.65. The maximum atomic E-state index is 5.65. The van der Waals surface area contributed by atoms with E-state index in [1.54, 1.807) is 21.3 Å². The number of methoxy groups -OCH3 is 3. The molecule has 0 N–H and O–H groups in total. The number of ether oxygens (including phenoxy) is 3. The first-order valence-corrected chi connectivity index (χ1v) is 10.1. The van der Waals surface area contributed by atoms with E-state index in [0.717, 1.165) is 30.2 Å². The molecular weight excluding hydrogens is 346 g/mol. The van der Waals surface area contributed by atoms with Gasteiger partial charge >= 0.3 is 0 Å². The van der Waals surface area contributed by atoms with Crippen molar-refractivity contribution < 1.29 is 14.2 Å². The number of nitrogens with zero attached hydrogens (tertiary/aromatic N) is 1. The first kappa shape index (κ1) is 19.1. The molecule has 3 rings (SSSR count). The third-order valence-electron chi connectivity index (χ3n) is 5.23. The lowest BCUT2D eigenvalue weighted by atomic mass is 10.0. The Morgan fingerprint density at radius 1 is 1.00 bits per heavy atom. The van der Waals surface area contributed by atoms with Gasteiger partial charge < -0.3 is 14.2 Å². The first-order valence-electron chi connectivity index (χ1n) is 9.24. The monoisotopic (exact) mass is 375 g/mol. The van der Waals surface area contributed by atoms with Crippen molar-refractivity contribution in [1.29, 1.82) is 0 Å². The van der Waals surface area contributed by atoms with Gasteiger partial charge in [0.2, 0.25) is 0 Å². The minimum absolute atomic E-state index is 0.482. The Labute approximate surface area is 160 Å². The molecule has 1 unspecified atom stereocenters. The van der Waals surface area contributed by atoms with Crippen molar-refractivity contribution >= 4 is 11.3 Å². The van der Waals surface area contributed by atoms with Gasteiger partial charge in [0, 0.05) is 29.1 Å². The summed E-state index contributed by atoms with van der Waals surface area (Å²) in [5.74, 6) is 2.31. The average Bonchev–Trinajstić information content (AvgIpc) is 2.95. The van der Waals surface area contributed by atoms with E-state index < -0.39 is 0 Å². The Hall–Kier alpha value is -1.72. The molecule has 2 heterocycles. The number of thiophene rings is 1. The SMILES string of the molecule is COc1cc(OC)c(OC)cc1CN1CCCCCC1c1sccc1C. The van der Waals surface area contributed by atoms with Crippen LogP contribution in [0.4, 0.5) is 0 Å². The van der Waals surface area contributed by atoms with Crippen molar-refractivity contribution in [2.45, 2.75) is 45.2 Å². The van der Waals surface area contributed by atoms with Gasteiger partial charge in [-0.25, -0.2) is 0 Å². The summed E-state index contributed by atoms with van der Waals surface area (Å²) in [7, 11) is 5.05. The predicted octanol–water partition coefficient (Wildman–Crippen LogP) is 5.20. The van der Waals surface area contributed by atoms with Crippen LogP contribution in [0.5, 0.6) is 17.2 Å². The van der Waals surface area contributed by atoms with Crippen molar-refractivity contribution in [2.24, 2.45) is 0 Å². The summed E-state index contributed by atoms with van der Waals surface area (Å²) in [6.07, 6.45) is 5.07. The van der Waals surface area contributed by atoms with Crippen molar-refractivity contribution in [3.05, 3.63) is 39.6 Å². The first-order chi connectivity index (χ1) is 12.7. The van der Waals surface area contributed by atoms with Crippen molar-refractivity contribution in [2.75, 3.05) is 27.9 Å². The van der Waals surface area contributed by atoms with Crippen molar-refractivity contribution in [1.82, 2.24) is 4.90 Å². The minimum Gasteiger partial charge on any atom is -0.496 e. The molecule has 1 aliphatic rings. The van der Waals surface area contributed by atoms with Gasteiger partial charge in [-0.3, -0.25) is 4.90 Å². The van der Waals surface area contributed by atoms with Crippen LogP contribution < -0.4 is 14.2 Å². The lowest BCUT2D eigenvalue weighted by molar-refractivity contribution is 0.192. The van der Waals surface area contributed by atoms with Gasteiger partial charge in [0.1, 0.15) is 5.75 Å². The Morgan fingerprint density at radius 2 is 1.73 bits per heavy atom. The van der Waals surface area contributed by atoms with E-state index >= 15 is 0 Å². The molecule has 0 radical (unpaired) electrons. The molecule has 0 aliphatic carbocycles. The number of hydrogen-bond acceptors (Lipinski definition) is 5. The highest BCUT2D eigenvalue weighted by Crippen LogP contribution is 2.39. The van der Waals surface area contributed by atoms with Crippen LogP contribution in [0.25, 0.3) is 0 Å². The Balaban J connectivity index is 1.93. The van der Waals surface area contributed by atoms with Crippen molar-refractivity contribution in [3.63, 3.8) is 0 Å². The van der Waals surface area contributed by atoms with Crippen LogP contribution in [0.1, 0.15) is 47.7 Å². The third kappa shape index (κ3) is 3.99. The standard InChI is InChI=1S/C21H29NO3S/c1-15-9-11-26-21(15)17-8-6-5-7-10-22(17)14-16-12-19(24-3)20(25-4)13-18(16)23-2/h9,11-13,17H,5-8,10,14H2,1-4H3. The van der Waals surface area contributed by atoms with Gasteiger partial charge in [-0.05, 0) is 49.4 Å². The van der Waals surface area contributed by atoms with Gasteiger partial charge in [-0.1, -0.05) is 12.8 Å². The Bertz CT molecular complexity index is 728. The summed E-state index contributed by atoms with van der Waals surface area (Å²) >= 11 is 1.89. The second kappa shape index (κ2) is 8.78. The average molecular weight is 376 g/mol. The van der Waals surface area contributed by atoms with E-state index in [9.17, 15) is 0 Å². The van der Waals surface area contributed by atoms with Crippen LogP contribution in [0.15, 0.2) is 23.6 Å². The highest BCUT2D eigenvalue weighted by Gasteiger charge is 2.26. The van der Waals surface area contributed by atoms with E-state index in [-0.39, 0.29) is 0 Å². The van der Waals surface area contributed by atoms with E-state index in [1.165, 1.54) is 36.1 Å². The summed E-state index contributed by atoms with van der Waals surface area (Å²) < 4.78 is 16.6. The van der Waals surface area contributed by atoms with E-state index in [1.807, 2.05) is 17.4 Å². The highest BCUT2D eigenvalue weighted by molar-refractivity contribution is 7.10. The molecule has 1 atom stereocenters. The molecule has 1 aliphatic heterocycles. The summed E-state index contributed by atoms with van der Waals surface area (Å²) in [6.45, 7) is 4.19. The number of hydrogen-bond donors (Lipinski definition) is 0. The van der Waals surface area contributed by atoms with Crippen LogP contribution in [0.2, 0.25) is 0 Å². The smallest absolute Gasteiger partial charge is 0.164 e. The summed E-state index contributed by atoms with van der Waals surface area (Å²) in [6, 6.07) is 6.70. The Kier molecular flexibility index (Phi) is 6.43. The second-order valence-corrected chi connectivity index (χ2v) is 7.77. The van der Waals surface area contributed by atoms with E-state index in [4.69, 9.17) is 14.2 Å². The van der Waals surface area contributed by atoms with Gasteiger partial charge in [0.05, 0.1) is 21.3 Å². The summed E-state index contributed by atoms with van der Waals surface area (Å²) in [5.41, 5.74) is 2.55. The topological polar surface area (TPSA) is 30.9 Å². The molecule has 0 spiro atoms. The molecular formula is C21H29NO3S. The fourth-order valence-electron chi connectivity index (χ4n) is 3.81.